The summed E-state index contributed by atoms with van der Waals surface area (Å²) in [5, 5.41) is 9.31. The molecule has 6 heteroatoms. The largest absolute Gasteiger partial charge is 0.480 e. The van der Waals surface area contributed by atoms with Gasteiger partial charge in [-0.05, 0) is 0 Å². The Bertz CT molecular complexity index is 491. The van der Waals surface area contributed by atoms with Gasteiger partial charge < -0.3 is 15.4 Å². The lowest BCUT2D eigenvalue weighted by molar-refractivity contribution is -0.137. The van der Waals surface area contributed by atoms with Crippen molar-refractivity contribution in [2.75, 3.05) is 5.73 Å². The van der Waals surface area contributed by atoms with Gasteiger partial charge in [0.25, 0.3) is 0 Å². The summed E-state index contributed by atoms with van der Waals surface area (Å²) in [5.74, 6) is -0.930. The zero-order valence-electron chi connectivity index (χ0n) is 7.21. The number of carboxylic acids is 1. The van der Waals surface area contributed by atoms with E-state index in [1.807, 2.05) is 0 Å². The third kappa shape index (κ3) is 1.26. The van der Waals surface area contributed by atoms with Crippen LogP contribution in [0.5, 0.6) is 0 Å². The molecule has 0 aliphatic rings. The van der Waals surface area contributed by atoms with Crippen molar-refractivity contribution in [1.82, 2.24) is 14.5 Å². The van der Waals surface area contributed by atoms with E-state index in [9.17, 15) is 4.79 Å². The Kier molecular flexibility index (Phi) is 1.81. The van der Waals surface area contributed by atoms with Gasteiger partial charge in [-0.3, -0.25) is 4.79 Å². The van der Waals surface area contributed by atoms with Crippen LogP contribution in [0.15, 0.2) is 18.7 Å². The molecule has 2 rings (SSSR count). The number of nitrogens with two attached hydrogens (primary N) is 1. The van der Waals surface area contributed by atoms with Crippen molar-refractivity contribution >= 4 is 22.7 Å². The molecule has 0 radical (unpaired) electrons. The van der Waals surface area contributed by atoms with Gasteiger partial charge in [-0.25, -0.2) is 9.97 Å². The maximum absolute atomic E-state index is 10.5. The van der Waals surface area contributed by atoms with Gasteiger partial charge in [0, 0.05) is 12.4 Å². The van der Waals surface area contributed by atoms with Crippen LogP contribution in [0.3, 0.4) is 0 Å². The highest BCUT2D eigenvalue weighted by Crippen LogP contribution is 2.19. The number of carboxylic acid groups (broad SMARTS) is 1. The fourth-order valence-electron chi connectivity index (χ4n) is 1.32. The van der Waals surface area contributed by atoms with Crippen LogP contribution in [0.4, 0.5) is 5.69 Å². The van der Waals surface area contributed by atoms with Crippen LogP contribution in [0.25, 0.3) is 11.0 Å². The Morgan fingerprint density at radius 3 is 3.14 bits per heavy atom. The number of hydrogen-bond donors (Lipinski definition) is 2. The number of rotatable bonds is 2. The van der Waals surface area contributed by atoms with E-state index in [4.69, 9.17) is 10.8 Å². The van der Waals surface area contributed by atoms with Crippen LogP contribution in [0.2, 0.25) is 0 Å². The smallest absolute Gasteiger partial charge is 0.323 e. The second-order valence-electron chi connectivity index (χ2n) is 2.87. The molecular formula is C8H8N4O2. The first kappa shape index (κ1) is 8.49. The third-order valence-electron chi connectivity index (χ3n) is 1.87. The zero-order chi connectivity index (χ0) is 10.1. The minimum Gasteiger partial charge on any atom is -0.480 e. The summed E-state index contributed by atoms with van der Waals surface area (Å²) in [5.41, 5.74) is 6.69. The van der Waals surface area contributed by atoms with E-state index in [-0.39, 0.29) is 6.54 Å². The second-order valence-corrected chi connectivity index (χ2v) is 2.87. The number of aromatic nitrogens is 3. The summed E-state index contributed by atoms with van der Waals surface area (Å²) in [6.45, 7) is -0.148. The van der Waals surface area contributed by atoms with Crippen molar-refractivity contribution in [3.8, 4) is 0 Å². The highest BCUT2D eigenvalue weighted by molar-refractivity contribution is 5.89. The van der Waals surface area contributed by atoms with Crippen molar-refractivity contribution in [3.05, 3.63) is 18.7 Å². The molecule has 0 atom stereocenters. The summed E-state index contributed by atoms with van der Waals surface area (Å²) in [4.78, 5) is 18.3. The molecule has 3 N–H and O–H groups in total. The van der Waals surface area contributed by atoms with Crippen LogP contribution >= 0.6 is 0 Å². The van der Waals surface area contributed by atoms with E-state index in [0.717, 1.165) is 0 Å². The molecule has 0 saturated heterocycles. The van der Waals surface area contributed by atoms with E-state index in [1.165, 1.54) is 10.9 Å². The number of anilines is 1. The Morgan fingerprint density at radius 2 is 2.43 bits per heavy atom. The molecule has 0 spiro atoms. The van der Waals surface area contributed by atoms with Gasteiger partial charge in [0.05, 0.1) is 11.1 Å². The predicted molar refractivity (Wildman–Crippen MR) is 49.6 cm³/mol. The summed E-state index contributed by atoms with van der Waals surface area (Å²) in [7, 11) is 0. The lowest BCUT2D eigenvalue weighted by Crippen LogP contribution is -2.07. The molecular weight excluding hydrogens is 184 g/mol. The van der Waals surface area contributed by atoms with E-state index in [0.29, 0.717) is 16.7 Å². The van der Waals surface area contributed by atoms with Crippen molar-refractivity contribution in [2.45, 2.75) is 6.54 Å². The fraction of sp³-hybridized carbons (Fsp3) is 0.125. The topological polar surface area (TPSA) is 94.0 Å². The molecule has 0 aromatic carbocycles. The standard InChI is InChI=1S/C8H8N4O2/c9-6-2-12(3-7(13)14)8-5(6)1-10-4-11-8/h1-2,4H,3,9H2,(H,13,14). The first-order valence-electron chi connectivity index (χ1n) is 3.94. The van der Waals surface area contributed by atoms with Crippen molar-refractivity contribution < 1.29 is 9.90 Å². The number of fused-ring (bicyclic) bond motifs is 1. The molecule has 2 aromatic rings. The number of hydrogen-bond acceptors (Lipinski definition) is 4. The highest BCUT2D eigenvalue weighted by atomic mass is 16.4. The Labute approximate surface area is 79.0 Å². The zero-order valence-corrected chi connectivity index (χ0v) is 7.21. The van der Waals surface area contributed by atoms with Crippen LogP contribution < -0.4 is 5.73 Å². The monoisotopic (exact) mass is 192 g/mol. The second kappa shape index (κ2) is 2.99. The summed E-state index contributed by atoms with van der Waals surface area (Å²) in [6.07, 6.45) is 4.48. The molecule has 6 nitrogen and oxygen atoms in total. The fourth-order valence-corrected chi connectivity index (χ4v) is 1.32. The Morgan fingerprint density at radius 1 is 1.64 bits per heavy atom. The molecule has 0 saturated carbocycles. The van der Waals surface area contributed by atoms with Gasteiger partial charge in [0.1, 0.15) is 18.5 Å². The molecule has 0 aliphatic carbocycles. The van der Waals surface area contributed by atoms with Gasteiger partial charge in [-0.2, -0.15) is 0 Å². The number of nitrogens with zero attached hydrogens (tertiary/aromatic N) is 3. The van der Waals surface area contributed by atoms with Crippen molar-refractivity contribution in [2.24, 2.45) is 0 Å². The predicted octanol–water partition coefficient (Wildman–Crippen LogP) is 0.0981. The SMILES string of the molecule is Nc1cn(CC(=O)O)c2ncncc12. The van der Waals surface area contributed by atoms with Crippen LogP contribution in [-0.4, -0.2) is 25.6 Å². The lowest BCUT2D eigenvalue weighted by Gasteiger charge is -1.97. The maximum atomic E-state index is 10.5. The van der Waals surface area contributed by atoms with E-state index >= 15 is 0 Å². The van der Waals surface area contributed by atoms with Gasteiger partial charge in [-0.1, -0.05) is 0 Å². The van der Waals surface area contributed by atoms with Gasteiger partial charge in [-0.15, -0.1) is 0 Å². The molecule has 0 amide bonds. The molecule has 72 valence electrons. The molecule has 2 heterocycles. The first-order valence-corrected chi connectivity index (χ1v) is 3.94. The quantitative estimate of drug-likeness (QED) is 0.703. The van der Waals surface area contributed by atoms with Crippen LogP contribution in [0.1, 0.15) is 0 Å². The Hall–Kier alpha value is -2.11. The summed E-state index contributed by atoms with van der Waals surface area (Å²) < 4.78 is 1.48. The average Bonchev–Trinajstić information content (AvgIpc) is 2.44. The molecule has 0 unspecified atom stereocenters. The van der Waals surface area contributed by atoms with Gasteiger partial charge >= 0.3 is 5.97 Å². The average molecular weight is 192 g/mol. The summed E-state index contributed by atoms with van der Waals surface area (Å²) >= 11 is 0. The van der Waals surface area contributed by atoms with Crippen molar-refractivity contribution in [1.29, 1.82) is 0 Å². The minimum absolute atomic E-state index is 0.148. The lowest BCUT2D eigenvalue weighted by atomic mass is 10.4. The first-order chi connectivity index (χ1) is 6.68. The van der Waals surface area contributed by atoms with Crippen LogP contribution in [0, 0.1) is 0 Å². The normalized spacial score (nSPS) is 10.6. The maximum Gasteiger partial charge on any atom is 0.323 e. The number of nitrogen functional groups attached to an aromatic ring is 1. The van der Waals surface area contributed by atoms with Gasteiger partial charge in [0.15, 0.2) is 0 Å². The Balaban J connectivity index is 2.60. The van der Waals surface area contributed by atoms with Crippen molar-refractivity contribution in [3.63, 3.8) is 0 Å². The highest BCUT2D eigenvalue weighted by Gasteiger charge is 2.08. The summed E-state index contributed by atoms with van der Waals surface area (Å²) in [6, 6.07) is 0. The molecule has 0 bridgehead atoms. The molecule has 2 aromatic heterocycles. The van der Waals surface area contributed by atoms with E-state index < -0.39 is 5.97 Å². The van der Waals surface area contributed by atoms with Gasteiger partial charge in [0.2, 0.25) is 0 Å². The minimum atomic E-state index is -0.930. The van der Waals surface area contributed by atoms with Crippen LogP contribution in [-0.2, 0) is 11.3 Å². The van der Waals surface area contributed by atoms with E-state index in [1.54, 1.807) is 12.4 Å². The van der Waals surface area contributed by atoms with E-state index in [2.05, 4.69) is 9.97 Å². The molecule has 0 aliphatic heterocycles. The number of aliphatic carboxylic acids is 1. The molecule has 14 heavy (non-hydrogen) atoms. The number of carbonyl (C=O) groups is 1. The molecule has 0 fully saturated rings. The third-order valence-corrected chi connectivity index (χ3v) is 1.87.